The van der Waals surface area contributed by atoms with Crippen molar-refractivity contribution in [2.45, 2.75) is 82.3 Å². The molecule has 0 bridgehead atoms. The molecule has 0 radical (unpaired) electrons. The number of allylic oxidation sites excluding steroid dienone is 1. The van der Waals surface area contributed by atoms with Gasteiger partial charge < -0.3 is 35.2 Å². The molecule has 1 saturated carbocycles. The molecule has 2 aromatic rings. The molecule has 14 heteroatoms. The van der Waals surface area contributed by atoms with Gasteiger partial charge in [-0.05, 0) is 62.3 Å². The quantitative estimate of drug-likeness (QED) is 0.321. The van der Waals surface area contributed by atoms with Crippen LogP contribution in [0.2, 0.25) is 0 Å². The van der Waals surface area contributed by atoms with Gasteiger partial charge in [0.2, 0.25) is 5.95 Å². The van der Waals surface area contributed by atoms with Crippen molar-refractivity contribution in [1.29, 1.82) is 0 Å². The van der Waals surface area contributed by atoms with Crippen LogP contribution in [0.4, 0.5) is 19.1 Å². The monoisotopic (exact) mass is 633 g/mol. The number of aliphatic hydroxyl groups excluding tert-OH is 2. The summed E-state index contributed by atoms with van der Waals surface area (Å²) < 4.78 is 55.4. The van der Waals surface area contributed by atoms with Gasteiger partial charge in [-0.1, -0.05) is 12.1 Å². The first-order valence-electron chi connectivity index (χ1n) is 15.3. The number of methoxy groups -OCH3 is 1. The Morgan fingerprint density at radius 2 is 1.78 bits per heavy atom. The van der Waals surface area contributed by atoms with Crippen molar-refractivity contribution >= 4 is 12.2 Å². The summed E-state index contributed by atoms with van der Waals surface area (Å²) in [5.41, 5.74) is 5.98. The van der Waals surface area contributed by atoms with Crippen molar-refractivity contribution in [1.82, 2.24) is 19.9 Å². The number of hydrogen-bond acceptors (Lipinski definition) is 11. The Labute approximate surface area is 261 Å². The summed E-state index contributed by atoms with van der Waals surface area (Å²) in [6.45, 7) is 4.26. The Hall–Kier alpha value is -3.46. The highest BCUT2D eigenvalue weighted by Gasteiger charge is 2.48. The highest BCUT2D eigenvalue weighted by atomic mass is 19.4. The topological polar surface area (TPSA) is 133 Å². The molecular weight excluding hydrogens is 591 g/mol. The molecule has 246 valence electrons. The van der Waals surface area contributed by atoms with E-state index < -0.39 is 36.2 Å². The van der Waals surface area contributed by atoms with Crippen LogP contribution in [0.5, 0.6) is 5.75 Å². The molecule has 11 nitrogen and oxygen atoms in total. The van der Waals surface area contributed by atoms with Crippen molar-refractivity contribution < 1.29 is 32.9 Å². The molecule has 4 N–H and O–H groups in total. The normalized spacial score (nSPS) is 23.7. The SMILES string of the molecule is COc1ccc(CN2N=CC(N([C@@H]3CCN(c4ncc(C5CC5)cn4)C[C@H]3O)[C@@H](C)COC(C)CN)=C(C(F)(F)F)[C@@H]2O)cc1. The number of nitrogens with two attached hydrogens (primary N) is 1. The van der Waals surface area contributed by atoms with E-state index in [1.54, 1.807) is 50.5 Å². The molecule has 2 aliphatic heterocycles. The Kier molecular flexibility index (Phi) is 10.2. The summed E-state index contributed by atoms with van der Waals surface area (Å²) in [4.78, 5) is 12.3. The molecule has 2 fully saturated rings. The van der Waals surface area contributed by atoms with Crippen molar-refractivity contribution in [3.05, 3.63) is 59.1 Å². The summed E-state index contributed by atoms with van der Waals surface area (Å²) in [5, 5.41) is 27.9. The van der Waals surface area contributed by atoms with Crippen LogP contribution in [0.15, 0.2) is 53.0 Å². The minimum Gasteiger partial charge on any atom is -0.497 e. The molecule has 3 heterocycles. The number of rotatable bonds is 12. The maximum Gasteiger partial charge on any atom is 0.419 e. The second-order valence-electron chi connectivity index (χ2n) is 12.0. The first-order chi connectivity index (χ1) is 21.5. The number of β-amino-alcohol motifs (C(OH)–C–C–N with tert-alkyl or cyclic N) is 1. The maximum absolute atomic E-state index is 14.8. The third-order valence-electron chi connectivity index (χ3n) is 8.55. The number of aromatic nitrogens is 2. The minimum absolute atomic E-state index is 0.0468. The van der Waals surface area contributed by atoms with Crippen LogP contribution in [0.25, 0.3) is 0 Å². The number of benzene rings is 1. The smallest absolute Gasteiger partial charge is 0.419 e. The second kappa shape index (κ2) is 13.9. The lowest BCUT2D eigenvalue weighted by Crippen LogP contribution is -2.58. The van der Waals surface area contributed by atoms with Gasteiger partial charge >= 0.3 is 6.18 Å². The summed E-state index contributed by atoms with van der Waals surface area (Å²) in [6, 6.07) is 5.41. The number of nitrogens with zero attached hydrogens (tertiary/aromatic N) is 6. The molecule has 5 rings (SSSR count). The maximum atomic E-state index is 14.8. The van der Waals surface area contributed by atoms with Gasteiger partial charge in [-0.2, -0.15) is 18.3 Å². The lowest BCUT2D eigenvalue weighted by molar-refractivity contribution is -0.127. The zero-order valence-corrected chi connectivity index (χ0v) is 25.8. The molecular formula is C31H42F3N7O4. The first-order valence-corrected chi connectivity index (χ1v) is 15.3. The summed E-state index contributed by atoms with van der Waals surface area (Å²) in [7, 11) is 1.52. The molecule has 1 unspecified atom stereocenters. The average molecular weight is 634 g/mol. The van der Waals surface area contributed by atoms with Gasteiger partial charge in [-0.25, -0.2) is 9.97 Å². The fourth-order valence-corrected chi connectivity index (χ4v) is 5.83. The van der Waals surface area contributed by atoms with Crippen molar-refractivity contribution in [3.8, 4) is 5.75 Å². The van der Waals surface area contributed by atoms with Gasteiger partial charge in [-0.15, -0.1) is 0 Å². The van der Waals surface area contributed by atoms with Crippen molar-refractivity contribution in [2.75, 3.05) is 38.3 Å². The molecule has 0 amide bonds. The predicted molar refractivity (Wildman–Crippen MR) is 163 cm³/mol. The Balaban J connectivity index is 1.42. The Morgan fingerprint density at radius 3 is 2.36 bits per heavy atom. The lowest BCUT2D eigenvalue weighted by atomic mass is 9.96. The van der Waals surface area contributed by atoms with Crippen LogP contribution in [0.1, 0.15) is 50.2 Å². The van der Waals surface area contributed by atoms with Gasteiger partial charge in [-0.3, -0.25) is 5.01 Å². The molecule has 1 aromatic heterocycles. The third-order valence-corrected chi connectivity index (χ3v) is 8.55. The van der Waals surface area contributed by atoms with Crippen LogP contribution in [-0.2, 0) is 11.3 Å². The third kappa shape index (κ3) is 7.68. The average Bonchev–Trinajstić information content (AvgIpc) is 3.87. The van der Waals surface area contributed by atoms with Gasteiger partial charge in [0.25, 0.3) is 0 Å². The molecule has 1 aliphatic carbocycles. The zero-order chi connectivity index (χ0) is 32.3. The second-order valence-corrected chi connectivity index (χ2v) is 12.0. The zero-order valence-electron chi connectivity index (χ0n) is 25.8. The number of ether oxygens (including phenoxy) is 2. The fourth-order valence-electron chi connectivity index (χ4n) is 5.83. The lowest BCUT2D eigenvalue weighted by Gasteiger charge is -2.47. The van der Waals surface area contributed by atoms with E-state index in [1.807, 2.05) is 4.90 Å². The summed E-state index contributed by atoms with van der Waals surface area (Å²) >= 11 is 0. The van der Waals surface area contributed by atoms with E-state index >= 15 is 0 Å². The van der Waals surface area contributed by atoms with Crippen LogP contribution in [0.3, 0.4) is 0 Å². The van der Waals surface area contributed by atoms with Crippen LogP contribution in [-0.4, -0.2) is 106 Å². The van der Waals surface area contributed by atoms with E-state index in [4.69, 9.17) is 15.2 Å². The molecule has 3 aliphatic rings. The number of alkyl halides is 3. The number of anilines is 1. The first kappa shape index (κ1) is 32.9. The van der Waals surface area contributed by atoms with E-state index in [1.165, 1.54) is 12.0 Å². The largest absolute Gasteiger partial charge is 0.497 e. The molecule has 45 heavy (non-hydrogen) atoms. The van der Waals surface area contributed by atoms with E-state index in [-0.39, 0.29) is 38.0 Å². The summed E-state index contributed by atoms with van der Waals surface area (Å²) in [6.07, 6.45) is -1.07. The predicted octanol–water partition coefficient (Wildman–Crippen LogP) is 2.99. The highest BCUT2D eigenvalue weighted by molar-refractivity contribution is 5.80. The summed E-state index contributed by atoms with van der Waals surface area (Å²) in [5.74, 6) is 1.57. The van der Waals surface area contributed by atoms with Gasteiger partial charge in [0.05, 0.1) is 56.5 Å². The van der Waals surface area contributed by atoms with Crippen LogP contribution in [0, 0.1) is 0 Å². The van der Waals surface area contributed by atoms with E-state index in [0.29, 0.717) is 36.1 Å². The molecule has 1 aromatic carbocycles. The Bertz CT molecular complexity index is 1340. The van der Waals surface area contributed by atoms with E-state index in [2.05, 4.69) is 15.1 Å². The van der Waals surface area contributed by atoms with Crippen LogP contribution < -0.4 is 15.4 Å². The Morgan fingerprint density at radius 1 is 1.09 bits per heavy atom. The molecule has 5 atom stereocenters. The highest BCUT2D eigenvalue weighted by Crippen LogP contribution is 2.40. The van der Waals surface area contributed by atoms with E-state index in [0.717, 1.165) is 29.6 Å². The number of halogens is 3. The van der Waals surface area contributed by atoms with Gasteiger partial charge in [0.15, 0.2) is 6.23 Å². The van der Waals surface area contributed by atoms with Crippen molar-refractivity contribution in [2.24, 2.45) is 10.8 Å². The number of hydrogen-bond donors (Lipinski definition) is 3. The number of hydrazone groups is 1. The minimum atomic E-state index is -4.90. The number of aliphatic hydroxyl groups is 2. The van der Waals surface area contributed by atoms with Gasteiger partial charge in [0.1, 0.15) is 11.3 Å². The van der Waals surface area contributed by atoms with Crippen molar-refractivity contribution in [3.63, 3.8) is 0 Å². The number of piperidine rings is 1. The molecule has 0 spiro atoms. The standard InChI is InChI=1S/C31H42F3N7O4/c1-19(18-45-20(2)12-35)41(25-10-11-39(17-27(25)42)30-36-13-23(14-37-30)22-6-7-22)26-15-38-40(29(43)28(26)31(32,33)34)16-21-4-8-24(44-3)9-5-21/h4-5,8-9,13-15,19-20,22,25,27,29,42-43H,6-7,10-12,16-18,35H2,1-3H3/t19-,20?,25+,27+,29-/m0/s1. The van der Waals surface area contributed by atoms with Crippen LogP contribution >= 0.6 is 0 Å². The molecule has 1 saturated heterocycles. The van der Waals surface area contributed by atoms with Gasteiger partial charge in [0, 0.05) is 32.0 Å². The van der Waals surface area contributed by atoms with E-state index in [9.17, 15) is 23.4 Å². The fraction of sp³-hybridized carbons (Fsp3) is 0.581.